The molecular formula is C19H23FN2O2. The second kappa shape index (κ2) is 7.73. The molecule has 0 unspecified atom stereocenters. The van der Waals surface area contributed by atoms with Crippen molar-refractivity contribution in [3.63, 3.8) is 0 Å². The number of aromatic nitrogens is 1. The first-order valence-electron chi connectivity index (χ1n) is 8.34. The molecule has 1 aromatic carbocycles. The molecule has 3 rings (SSSR count). The van der Waals surface area contributed by atoms with Gasteiger partial charge in [-0.3, -0.25) is 9.88 Å². The molecule has 1 fully saturated rings. The van der Waals surface area contributed by atoms with Gasteiger partial charge in [0, 0.05) is 31.5 Å². The average molecular weight is 330 g/mol. The van der Waals surface area contributed by atoms with E-state index in [4.69, 9.17) is 4.74 Å². The Hall–Kier alpha value is -1.98. The third kappa shape index (κ3) is 4.52. The minimum absolute atomic E-state index is 0.267. The number of pyridine rings is 1. The molecule has 1 aromatic heterocycles. The minimum Gasteiger partial charge on any atom is -0.488 e. The van der Waals surface area contributed by atoms with Gasteiger partial charge in [0.25, 0.3) is 0 Å². The summed E-state index contributed by atoms with van der Waals surface area (Å²) in [5.41, 5.74) is 2.19. The van der Waals surface area contributed by atoms with E-state index in [2.05, 4.69) is 16.0 Å². The van der Waals surface area contributed by atoms with E-state index < -0.39 is 6.10 Å². The highest BCUT2D eigenvalue weighted by molar-refractivity contribution is 5.22. The number of nitrogens with zero attached hydrogens (tertiary/aromatic N) is 2. The monoisotopic (exact) mass is 330 g/mol. The lowest BCUT2D eigenvalue weighted by molar-refractivity contribution is 0.0349. The molecule has 0 radical (unpaired) electrons. The van der Waals surface area contributed by atoms with Gasteiger partial charge in [-0.1, -0.05) is 6.07 Å². The van der Waals surface area contributed by atoms with E-state index in [1.165, 1.54) is 17.7 Å². The highest BCUT2D eigenvalue weighted by Crippen LogP contribution is 2.21. The number of aliphatic hydroxyl groups excluding tert-OH is 1. The number of aliphatic hydroxyl groups is 1. The Morgan fingerprint density at radius 3 is 2.62 bits per heavy atom. The summed E-state index contributed by atoms with van der Waals surface area (Å²) in [7, 11) is 0. The Bertz CT molecular complexity index is 645. The Morgan fingerprint density at radius 1 is 1.17 bits per heavy atom. The fraction of sp³-hybridized carbons (Fsp3) is 0.421. The number of aryl methyl sites for hydroxylation is 1. The van der Waals surface area contributed by atoms with Crippen LogP contribution in [0.5, 0.6) is 5.75 Å². The summed E-state index contributed by atoms with van der Waals surface area (Å²) < 4.78 is 18.8. The van der Waals surface area contributed by atoms with Gasteiger partial charge in [0.15, 0.2) is 0 Å². The van der Waals surface area contributed by atoms with Crippen molar-refractivity contribution in [3.8, 4) is 5.75 Å². The van der Waals surface area contributed by atoms with Crippen molar-refractivity contribution in [2.24, 2.45) is 0 Å². The number of halogens is 1. The summed E-state index contributed by atoms with van der Waals surface area (Å²) in [6.07, 6.45) is 2.51. The van der Waals surface area contributed by atoms with E-state index in [1.807, 2.05) is 19.2 Å². The predicted octanol–water partition coefficient (Wildman–Crippen LogP) is 2.93. The van der Waals surface area contributed by atoms with Crippen molar-refractivity contribution in [2.45, 2.75) is 38.5 Å². The van der Waals surface area contributed by atoms with Crippen LogP contribution in [0.25, 0.3) is 0 Å². The maximum absolute atomic E-state index is 13.0. The fourth-order valence-electron chi connectivity index (χ4n) is 2.95. The highest BCUT2D eigenvalue weighted by atomic mass is 19.1. The summed E-state index contributed by atoms with van der Waals surface area (Å²) >= 11 is 0. The van der Waals surface area contributed by atoms with Gasteiger partial charge < -0.3 is 9.84 Å². The van der Waals surface area contributed by atoms with Crippen LogP contribution in [-0.2, 0) is 6.54 Å². The van der Waals surface area contributed by atoms with Crippen molar-refractivity contribution in [1.29, 1.82) is 0 Å². The van der Waals surface area contributed by atoms with E-state index >= 15 is 0 Å². The van der Waals surface area contributed by atoms with Gasteiger partial charge >= 0.3 is 0 Å². The quantitative estimate of drug-likeness (QED) is 0.936. The van der Waals surface area contributed by atoms with E-state index in [9.17, 15) is 9.50 Å². The summed E-state index contributed by atoms with van der Waals surface area (Å²) in [5.74, 6) is 0.304. The van der Waals surface area contributed by atoms with Crippen LogP contribution in [-0.4, -0.2) is 40.3 Å². The van der Waals surface area contributed by atoms with Crippen LogP contribution >= 0.6 is 0 Å². The first-order chi connectivity index (χ1) is 11.6. The number of hydrogen-bond donors (Lipinski definition) is 1. The molecule has 0 amide bonds. The molecule has 1 N–H and O–H groups in total. The van der Waals surface area contributed by atoms with Gasteiger partial charge in [0.1, 0.15) is 17.7 Å². The molecule has 0 aliphatic carbocycles. The van der Waals surface area contributed by atoms with Gasteiger partial charge in [-0.05, 0) is 55.7 Å². The second-order valence-electron chi connectivity index (χ2n) is 6.34. The van der Waals surface area contributed by atoms with Crippen molar-refractivity contribution in [2.75, 3.05) is 13.1 Å². The van der Waals surface area contributed by atoms with Crippen molar-refractivity contribution < 1.29 is 14.2 Å². The van der Waals surface area contributed by atoms with Crippen LogP contribution in [0, 0.1) is 12.7 Å². The Labute approximate surface area is 141 Å². The molecule has 0 bridgehead atoms. The first kappa shape index (κ1) is 16.9. The molecule has 2 aromatic rings. The number of ether oxygens (including phenoxy) is 1. The third-order valence-electron chi connectivity index (χ3n) is 4.38. The van der Waals surface area contributed by atoms with Crippen LogP contribution in [0.15, 0.2) is 42.6 Å². The van der Waals surface area contributed by atoms with Crippen LogP contribution in [0.3, 0.4) is 0 Å². The average Bonchev–Trinajstić information content (AvgIpc) is 2.75. The maximum atomic E-state index is 13.0. The standard InChI is InChI=1S/C19H23FN2O2/c1-14-2-3-15(12-21-14)13-22-10-8-18(23)19(9-11-22)24-17-6-4-16(20)5-7-17/h2-7,12,18-19,23H,8-11,13H2,1H3/t18-,19-/m0/s1. The van der Waals surface area contributed by atoms with Crippen LogP contribution < -0.4 is 4.74 Å². The number of rotatable bonds is 4. The van der Waals surface area contributed by atoms with E-state index in [1.54, 1.807) is 12.1 Å². The minimum atomic E-state index is -0.517. The zero-order valence-electron chi connectivity index (χ0n) is 13.9. The molecule has 1 saturated heterocycles. The largest absolute Gasteiger partial charge is 0.488 e. The number of benzene rings is 1. The maximum Gasteiger partial charge on any atom is 0.126 e. The highest BCUT2D eigenvalue weighted by Gasteiger charge is 2.26. The Kier molecular flexibility index (Phi) is 5.43. The molecule has 1 aliphatic heterocycles. The van der Waals surface area contributed by atoms with E-state index in [-0.39, 0.29) is 11.9 Å². The molecule has 2 heterocycles. The molecule has 0 spiro atoms. The van der Waals surface area contributed by atoms with Crippen molar-refractivity contribution in [1.82, 2.24) is 9.88 Å². The fourth-order valence-corrected chi connectivity index (χ4v) is 2.95. The molecule has 128 valence electrons. The molecule has 24 heavy (non-hydrogen) atoms. The zero-order valence-corrected chi connectivity index (χ0v) is 13.9. The SMILES string of the molecule is Cc1ccc(CN2CC[C@H](Oc3ccc(F)cc3)[C@@H](O)CC2)cn1. The molecule has 0 saturated carbocycles. The lowest BCUT2D eigenvalue weighted by Crippen LogP contribution is -2.31. The summed E-state index contributed by atoms with van der Waals surface area (Å²) in [4.78, 5) is 6.64. The molecular weight excluding hydrogens is 307 g/mol. The zero-order chi connectivity index (χ0) is 16.9. The van der Waals surface area contributed by atoms with Gasteiger partial charge in [-0.15, -0.1) is 0 Å². The second-order valence-corrected chi connectivity index (χ2v) is 6.34. The first-order valence-corrected chi connectivity index (χ1v) is 8.34. The summed E-state index contributed by atoms with van der Waals surface area (Å²) in [6.45, 7) is 4.46. The van der Waals surface area contributed by atoms with Gasteiger partial charge in [0.2, 0.25) is 0 Å². The predicted molar refractivity (Wildman–Crippen MR) is 90.3 cm³/mol. The summed E-state index contributed by atoms with van der Waals surface area (Å²) in [5, 5.41) is 10.3. The topological polar surface area (TPSA) is 45.6 Å². The smallest absolute Gasteiger partial charge is 0.126 e. The van der Waals surface area contributed by atoms with E-state index in [0.717, 1.165) is 31.7 Å². The molecule has 5 heteroatoms. The molecule has 4 nitrogen and oxygen atoms in total. The van der Waals surface area contributed by atoms with Gasteiger partial charge in [-0.25, -0.2) is 4.39 Å². The van der Waals surface area contributed by atoms with Crippen molar-refractivity contribution in [3.05, 3.63) is 59.7 Å². The summed E-state index contributed by atoms with van der Waals surface area (Å²) in [6, 6.07) is 10.0. The molecule has 1 aliphatic rings. The van der Waals surface area contributed by atoms with Crippen LogP contribution in [0.4, 0.5) is 4.39 Å². The lowest BCUT2D eigenvalue weighted by atomic mass is 10.1. The van der Waals surface area contributed by atoms with Gasteiger partial charge in [0.05, 0.1) is 6.10 Å². The van der Waals surface area contributed by atoms with Crippen LogP contribution in [0.2, 0.25) is 0 Å². The van der Waals surface area contributed by atoms with Gasteiger partial charge in [-0.2, -0.15) is 0 Å². The Balaban J connectivity index is 1.58. The molecule has 2 atom stereocenters. The number of likely N-dealkylation sites (tertiary alicyclic amines) is 1. The lowest BCUT2D eigenvalue weighted by Gasteiger charge is -2.22. The third-order valence-corrected chi connectivity index (χ3v) is 4.38. The number of hydrogen-bond acceptors (Lipinski definition) is 4. The van der Waals surface area contributed by atoms with E-state index in [0.29, 0.717) is 12.2 Å². The normalized spacial score (nSPS) is 22.1. The van der Waals surface area contributed by atoms with Crippen LogP contribution in [0.1, 0.15) is 24.1 Å². The Morgan fingerprint density at radius 2 is 1.92 bits per heavy atom. The van der Waals surface area contributed by atoms with Crippen molar-refractivity contribution >= 4 is 0 Å².